The highest BCUT2D eigenvalue weighted by Crippen LogP contribution is 2.00. The molecule has 0 bridgehead atoms. The van der Waals surface area contributed by atoms with Gasteiger partial charge in [0.15, 0.2) is 0 Å². The molecule has 74 valence electrons. The van der Waals surface area contributed by atoms with Crippen LogP contribution >= 0.6 is 0 Å². The molecule has 0 saturated carbocycles. The Morgan fingerprint density at radius 1 is 1.50 bits per heavy atom. The van der Waals surface area contributed by atoms with Gasteiger partial charge < -0.3 is 14.3 Å². The maximum atomic E-state index is 5.20. The number of nitrogens with one attached hydrogen (secondary N) is 1. The second-order valence-electron chi connectivity index (χ2n) is 3.18. The second-order valence-corrected chi connectivity index (χ2v) is 3.18. The molecule has 0 radical (unpaired) electrons. The molecule has 2 aromatic heterocycles. The minimum absolute atomic E-state index is 0.748. The Hall–Kier alpha value is -1.55. The summed E-state index contributed by atoms with van der Waals surface area (Å²) < 4.78 is 7.19. The summed E-state index contributed by atoms with van der Waals surface area (Å²) in [4.78, 5) is 4.04. The van der Waals surface area contributed by atoms with Gasteiger partial charge in [0.2, 0.25) is 0 Å². The van der Waals surface area contributed by atoms with Crippen LogP contribution in [0.5, 0.6) is 0 Å². The first-order valence-corrected chi connectivity index (χ1v) is 4.54. The molecule has 1 N–H and O–H groups in total. The van der Waals surface area contributed by atoms with Gasteiger partial charge in [-0.25, -0.2) is 4.98 Å². The van der Waals surface area contributed by atoms with Gasteiger partial charge >= 0.3 is 0 Å². The van der Waals surface area contributed by atoms with Gasteiger partial charge in [-0.05, 0) is 12.1 Å². The minimum atomic E-state index is 0.748. The van der Waals surface area contributed by atoms with Crippen LogP contribution in [0.1, 0.15) is 11.5 Å². The zero-order valence-electron chi connectivity index (χ0n) is 8.10. The zero-order chi connectivity index (χ0) is 9.80. The predicted molar refractivity (Wildman–Crippen MR) is 52.5 cm³/mol. The lowest BCUT2D eigenvalue weighted by Gasteiger charge is -2.02. The Kier molecular flexibility index (Phi) is 2.65. The molecule has 0 unspecified atom stereocenters. The maximum Gasteiger partial charge on any atom is 0.117 e. The summed E-state index contributed by atoms with van der Waals surface area (Å²) >= 11 is 0. The number of hydrogen-bond acceptors (Lipinski definition) is 3. The van der Waals surface area contributed by atoms with Crippen molar-refractivity contribution in [2.24, 2.45) is 7.05 Å². The summed E-state index contributed by atoms with van der Waals surface area (Å²) in [6.45, 7) is 1.55. The lowest BCUT2D eigenvalue weighted by atomic mass is 10.4. The summed E-state index contributed by atoms with van der Waals surface area (Å²) in [5.74, 6) is 0.951. The Morgan fingerprint density at radius 2 is 2.43 bits per heavy atom. The fraction of sp³-hybridized carbons (Fsp3) is 0.300. The largest absolute Gasteiger partial charge is 0.468 e. The molecule has 2 heterocycles. The first-order chi connectivity index (χ1) is 6.86. The van der Waals surface area contributed by atoms with Crippen molar-refractivity contribution in [2.45, 2.75) is 13.1 Å². The highest BCUT2D eigenvalue weighted by Gasteiger charge is 1.98. The van der Waals surface area contributed by atoms with Gasteiger partial charge in [-0.2, -0.15) is 0 Å². The van der Waals surface area contributed by atoms with E-state index in [0.29, 0.717) is 0 Å². The fourth-order valence-corrected chi connectivity index (χ4v) is 1.28. The molecule has 0 spiro atoms. The zero-order valence-corrected chi connectivity index (χ0v) is 8.10. The Morgan fingerprint density at radius 3 is 3.07 bits per heavy atom. The van der Waals surface area contributed by atoms with Crippen molar-refractivity contribution in [3.05, 3.63) is 42.4 Å². The summed E-state index contributed by atoms with van der Waals surface area (Å²) in [6, 6.07) is 3.84. The van der Waals surface area contributed by atoms with Gasteiger partial charge in [-0.1, -0.05) is 0 Å². The van der Waals surface area contributed by atoms with Crippen LogP contribution in [-0.4, -0.2) is 9.55 Å². The molecule has 0 aliphatic rings. The molecule has 0 atom stereocenters. The standard InChI is InChI=1S/C10H13N3O/c1-13-8-12-6-9(13)5-11-7-10-3-2-4-14-10/h2-4,6,8,11H,5,7H2,1H3. The van der Waals surface area contributed by atoms with Crippen LogP contribution in [0.25, 0.3) is 0 Å². The number of aromatic nitrogens is 2. The quantitative estimate of drug-likeness (QED) is 0.792. The number of imidazole rings is 1. The average molecular weight is 191 g/mol. The lowest BCUT2D eigenvalue weighted by Crippen LogP contribution is -2.14. The van der Waals surface area contributed by atoms with E-state index in [1.165, 1.54) is 0 Å². The van der Waals surface area contributed by atoms with E-state index in [0.717, 1.165) is 24.5 Å². The summed E-state index contributed by atoms with van der Waals surface area (Å²) in [5.41, 5.74) is 1.16. The summed E-state index contributed by atoms with van der Waals surface area (Å²) in [6.07, 6.45) is 5.33. The minimum Gasteiger partial charge on any atom is -0.468 e. The molecule has 4 nitrogen and oxygen atoms in total. The molecule has 4 heteroatoms. The number of furan rings is 1. The van der Waals surface area contributed by atoms with Crippen molar-refractivity contribution < 1.29 is 4.42 Å². The van der Waals surface area contributed by atoms with E-state index in [4.69, 9.17) is 4.42 Å². The smallest absolute Gasteiger partial charge is 0.117 e. The number of aryl methyl sites for hydroxylation is 1. The molecule has 0 aliphatic carbocycles. The summed E-state index contributed by atoms with van der Waals surface area (Å²) in [5, 5.41) is 3.28. The van der Waals surface area contributed by atoms with E-state index in [-0.39, 0.29) is 0 Å². The lowest BCUT2D eigenvalue weighted by molar-refractivity contribution is 0.480. The van der Waals surface area contributed by atoms with Crippen LogP contribution in [0.3, 0.4) is 0 Å². The molecule has 0 fully saturated rings. The van der Waals surface area contributed by atoms with Gasteiger partial charge in [0, 0.05) is 19.8 Å². The van der Waals surface area contributed by atoms with E-state index in [1.54, 1.807) is 12.6 Å². The molecule has 0 aromatic carbocycles. The van der Waals surface area contributed by atoms with Crippen molar-refractivity contribution in [1.29, 1.82) is 0 Å². The molecule has 0 amide bonds. The van der Waals surface area contributed by atoms with Crippen molar-refractivity contribution in [3.8, 4) is 0 Å². The Labute approximate surface area is 82.6 Å². The predicted octanol–water partition coefficient (Wildman–Crippen LogP) is 1.30. The van der Waals surface area contributed by atoms with Crippen LogP contribution in [0.15, 0.2) is 35.3 Å². The third-order valence-electron chi connectivity index (χ3n) is 2.10. The molecular formula is C10H13N3O. The van der Waals surface area contributed by atoms with Gasteiger partial charge in [-0.15, -0.1) is 0 Å². The summed E-state index contributed by atoms with van der Waals surface area (Å²) in [7, 11) is 1.98. The average Bonchev–Trinajstić information content (AvgIpc) is 2.78. The van der Waals surface area contributed by atoms with E-state index in [9.17, 15) is 0 Å². The number of rotatable bonds is 4. The normalized spacial score (nSPS) is 10.6. The monoisotopic (exact) mass is 191 g/mol. The first kappa shape index (κ1) is 9.02. The second kappa shape index (κ2) is 4.11. The molecule has 14 heavy (non-hydrogen) atoms. The SMILES string of the molecule is Cn1cncc1CNCc1ccco1. The van der Waals surface area contributed by atoms with Gasteiger partial charge in [-0.3, -0.25) is 0 Å². The van der Waals surface area contributed by atoms with Crippen LogP contribution in [0.2, 0.25) is 0 Å². The van der Waals surface area contributed by atoms with E-state index < -0.39 is 0 Å². The molecule has 0 aliphatic heterocycles. The first-order valence-electron chi connectivity index (χ1n) is 4.54. The van der Waals surface area contributed by atoms with Crippen molar-refractivity contribution >= 4 is 0 Å². The van der Waals surface area contributed by atoms with Crippen molar-refractivity contribution in [3.63, 3.8) is 0 Å². The van der Waals surface area contributed by atoms with Gasteiger partial charge in [0.25, 0.3) is 0 Å². The number of nitrogens with zero attached hydrogens (tertiary/aromatic N) is 2. The Balaban J connectivity index is 1.81. The fourth-order valence-electron chi connectivity index (χ4n) is 1.28. The van der Waals surface area contributed by atoms with E-state index in [1.807, 2.05) is 29.9 Å². The maximum absolute atomic E-state index is 5.20. The topological polar surface area (TPSA) is 43.0 Å². The van der Waals surface area contributed by atoms with Gasteiger partial charge in [0.1, 0.15) is 5.76 Å². The van der Waals surface area contributed by atoms with E-state index in [2.05, 4.69) is 10.3 Å². The highest BCUT2D eigenvalue weighted by molar-refractivity contribution is 5.00. The Bertz CT molecular complexity index is 378. The third kappa shape index (κ3) is 2.03. The molecule has 2 aromatic rings. The van der Waals surface area contributed by atoms with Crippen LogP contribution in [-0.2, 0) is 20.1 Å². The van der Waals surface area contributed by atoms with Crippen molar-refractivity contribution in [2.75, 3.05) is 0 Å². The van der Waals surface area contributed by atoms with Crippen LogP contribution < -0.4 is 5.32 Å². The van der Waals surface area contributed by atoms with Crippen LogP contribution in [0.4, 0.5) is 0 Å². The van der Waals surface area contributed by atoms with Gasteiger partial charge in [0.05, 0.1) is 24.8 Å². The highest BCUT2D eigenvalue weighted by atomic mass is 16.3. The molecule has 2 rings (SSSR count). The van der Waals surface area contributed by atoms with E-state index >= 15 is 0 Å². The van der Waals surface area contributed by atoms with Crippen molar-refractivity contribution in [1.82, 2.24) is 14.9 Å². The van der Waals surface area contributed by atoms with Crippen LogP contribution in [0, 0.1) is 0 Å². The molecule has 0 saturated heterocycles. The molecular weight excluding hydrogens is 178 g/mol. The third-order valence-corrected chi connectivity index (χ3v) is 2.10. The number of hydrogen-bond donors (Lipinski definition) is 1.